The molecular formula is C11H22N4O. The van der Waals surface area contributed by atoms with E-state index in [-0.39, 0.29) is 6.04 Å². The van der Waals surface area contributed by atoms with E-state index in [4.69, 9.17) is 10.6 Å². The Morgan fingerprint density at radius 2 is 2.38 bits per heavy atom. The number of aryl methyl sites for hydroxylation is 1. The first-order chi connectivity index (χ1) is 7.81. The largest absolute Gasteiger partial charge is 0.380 e. The molecule has 0 amide bonds. The molecular weight excluding hydrogens is 204 g/mol. The molecule has 0 aliphatic heterocycles. The second kappa shape index (κ2) is 7.38. The Balaban J connectivity index is 2.51. The summed E-state index contributed by atoms with van der Waals surface area (Å²) in [5.41, 5.74) is 2.77. The first kappa shape index (κ1) is 13.2. The quantitative estimate of drug-likeness (QED) is 0.506. The molecule has 5 nitrogen and oxygen atoms in total. The van der Waals surface area contributed by atoms with Gasteiger partial charge in [-0.2, -0.15) is 0 Å². The molecule has 0 aliphatic rings. The average molecular weight is 226 g/mol. The Kier molecular flexibility index (Phi) is 6.07. The molecule has 0 spiro atoms. The van der Waals surface area contributed by atoms with Crippen LogP contribution in [0.3, 0.4) is 0 Å². The number of nitrogens with one attached hydrogen (secondary N) is 1. The fraction of sp³-hybridized carbons (Fsp3) is 0.727. The van der Waals surface area contributed by atoms with E-state index in [2.05, 4.69) is 21.9 Å². The molecule has 0 bridgehead atoms. The lowest BCUT2D eigenvalue weighted by molar-refractivity contribution is 0.122. The third kappa shape index (κ3) is 3.92. The van der Waals surface area contributed by atoms with E-state index >= 15 is 0 Å². The van der Waals surface area contributed by atoms with Crippen LogP contribution in [0.1, 0.15) is 26.1 Å². The van der Waals surface area contributed by atoms with Crippen LogP contribution in [0.25, 0.3) is 0 Å². The van der Waals surface area contributed by atoms with Gasteiger partial charge in [0.25, 0.3) is 0 Å². The van der Waals surface area contributed by atoms with Crippen LogP contribution in [0.15, 0.2) is 12.4 Å². The number of hydrazine groups is 1. The van der Waals surface area contributed by atoms with E-state index in [9.17, 15) is 0 Å². The Bertz CT molecular complexity index is 287. The van der Waals surface area contributed by atoms with Crippen molar-refractivity contribution in [1.29, 1.82) is 0 Å². The maximum Gasteiger partial charge on any atom is 0.110 e. The second-order valence-corrected chi connectivity index (χ2v) is 3.76. The molecule has 1 heterocycles. The van der Waals surface area contributed by atoms with Gasteiger partial charge in [0.15, 0.2) is 0 Å². The van der Waals surface area contributed by atoms with Crippen LogP contribution in [-0.4, -0.2) is 28.8 Å². The normalized spacial score (nSPS) is 12.9. The number of imidazole rings is 1. The van der Waals surface area contributed by atoms with Crippen LogP contribution >= 0.6 is 0 Å². The molecule has 1 unspecified atom stereocenters. The van der Waals surface area contributed by atoms with E-state index in [0.717, 1.165) is 25.2 Å². The monoisotopic (exact) mass is 226 g/mol. The highest BCUT2D eigenvalue weighted by molar-refractivity contribution is 4.95. The number of ether oxygens (including phenoxy) is 1. The highest BCUT2D eigenvalue weighted by atomic mass is 16.5. The summed E-state index contributed by atoms with van der Waals surface area (Å²) < 4.78 is 7.52. The van der Waals surface area contributed by atoms with Gasteiger partial charge < -0.3 is 9.30 Å². The van der Waals surface area contributed by atoms with Gasteiger partial charge in [-0.3, -0.25) is 11.3 Å². The van der Waals surface area contributed by atoms with Crippen molar-refractivity contribution in [2.45, 2.75) is 39.3 Å². The second-order valence-electron chi connectivity index (χ2n) is 3.76. The highest BCUT2D eigenvalue weighted by Gasteiger charge is 2.11. The summed E-state index contributed by atoms with van der Waals surface area (Å²) in [6.45, 7) is 6.46. The first-order valence-corrected chi connectivity index (χ1v) is 5.85. The topological polar surface area (TPSA) is 65.1 Å². The Morgan fingerprint density at radius 3 is 3.00 bits per heavy atom. The number of nitrogens with zero attached hydrogens (tertiary/aromatic N) is 2. The maximum atomic E-state index is 5.49. The van der Waals surface area contributed by atoms with Crippen molar-refractivity contribution in [2.24, 2.45) is 5.84 Å². The summed E-state index contributed by atoms with van der Waals surface area (Å²) in [6, 6.07) is 0.123. The van der Waals surface area contributed by atoms with Gasteiger partial charge in [-0.15, -0.1) is 0 Å². The van der Waals surface area contributed by atoms with Crippen molar-refractivity contribution in [3.05, 3.63) is 18.2 Å². The van der Waals surface area contributed by atoms with Gasteiger partial charge in [-0.25, -0.2) is 4.98 Å². The summed E-state index contributed by atoms with van der Waals surface area (Å²) in [5.74, 6) is 6.55. The van der Waals surface area contributed by atoms with E-state index in [0.29, 0.717) is 13.2 Å². The van der Waals surface area contributed by atoms with E-state index in [1.807, 2.05) is 19.3 Å². The molecule has 0 fully saturated rings. The standard InChI is InChI=1S/C11H22N4O/c1-3-6-15-7-5-13-11(15)8-10(14-12)9-16-4-2/h5,7,10,14H,3-4,6,8-9,12H2,1-2H3. The first-order valence-electron chi connectivity index (χ1n) is 5.85. The SMILES string of the molecule is CCCn1ccnc1CC(COCC)NN. The molecule has 16 heavy (non-hydrogen) atoms. The van der Waals surface area contributed by atoms with Gasteiger partial charge in [-0.05, 0) is 13.3 Å². The highest BCUT2D eigenvalue weighted by Crippen LogP contribution is 2.03. The molecule has 1 rings (SSSR count). The average Bonchev–Trinajstić information content (AvgIpc) is 2.72. The zero-order valence-corrected chi connectivity index (χ0v) is 10.1. The molecule has 0 saturated heterocycles. The van der Waals surface area contributed by atoms with Gasteiger partial charge in [0.2, 0.25) is 0 Å². The van der Waals surface area contributed by atoms with Crippen LogP contribution in [0.2, 0.25) is 0 Å². The lowest BCUT2D eigenvalue weighted by Crippen LogP contribution is -2.41. The predicted molar refractivity (Wildman–Crippen MR) is 63.8 cm³/mol. The van der Waals surface area contributed by atoms with Gasteiger partial charge in [0.05, 0.1) is 12.6 Å². The fourth-order valence-corrected chi connectivity index (χ4v) is 1.62. The van der Waals surface area contributed by atoms with Crippen LogP contribution < -0.4 is 11.3 Å². The van der Waals surface area contributed by atoms with E-state index in [1.54, 1.807) is 0 Å². The van der Waals surface area contributed by atoms with Gasteiger partial charge in [0.1, 0.15) is 5.82 Å². The van der Waals surface area contributed by atoms with Crippen LogP contribution in [0.4, 0.5) is 0 Å². The van der Waals surface area contributed by atoms with Crippen molar-refractivity contribution in [1.82, 2.24) is 15.0 Å². The molecule has 0 aromatic carbocycles. The molecule has 0 saturated carbocycles. The zero-order chi connectivity index (χ0) is 11.8. The molecule has 5 heteroatoms. The Morgan fingerprint density at radius 1 is 1.56 bits per heavy atom. The molecule has 1 aromatic heterocycles. The van der Waals surface area contributed by atoms with E-state index in [1.165, 1.54) is 0 Å². The lowest BCUT2D eigenvalue weighted by atomic mass is 10.2. The summed E-state index contributed by atoms with van der Waals surface area (Å²) in [5, 5.41) is 0. The van der Waals surface area contributed by atoms with Gasteiger partial charge in [-0.1, -0.05) is 6.92 Å². The van der Waals surface area contributed by atoms with Crippen LogP contribution in [0.5, 0.6) is 0 Å². The molecule has 3 N–H and O–H groups in total. The summed E-state index contributed by atoms with van der Waals surface area (Å²) in [7, 11) is 0. The van der Waals surface area contributed by atoms with Gasteiger partial charge >= 0.3 is 0 Å². The molecule has 0 aliphatic carbocycles. The van der Waals surface area contributed by atoms with Crippen LogP contribution in [0, 0.1) is 0 Å². The third-order valence-electron chi connectivity index (χ3n) is 2.45. The predicted octanol–water partition coefficient (Wildman–Crippen LogP) is 0.704. The van der Waals surface area contributed by atoms with Crippen molar-refractivity contribution < 1.29 is 4.74 Å². The van der Waals surface area contributed by atoms with Crippen molar-refractivity contribution in [2.75, 3.05) is 13.2 Å². The molecule has 92 valence electrons. The number of hydrogen-bond acceptors (Lipinski definition) is 4. The number of rotatable bonds is 8. The minimum Gasteiger partial charge on any atom is -0.380 e. The van der Waals surface area contributed by atoms with Gasteiger partial charge in [0, 0.05) is 32.0 Å². The summed E-state index contributed by atoms with van der Waals surface area (Å²) in [6.07, 6.45) is 5.74. The zero-order valence-electron chi connectivity index (χ0n) is 10.1. The smallest absolute Gasteiger partial charge is 0.110 e. The van der Waals surface area contributed by atoms with Crippen molar-refractivity contribution in [3.63, 3.8) is 0 Å². The third-order valence-corrected chi connectivity index (χ3v) is 2.45. The van der Waals surface area contributed by atoms with Crippen molar-refractivity contribution in [3.8, 4) is 0 Å². The molecule has 1 atom stereocenters. The summed E-state index contributed by atoms with van der Waals surface area (Å²) >= 11 is 0. The van der Waals surface area contributed by atoms with Crippen molar-refractivity contribution >= 4 is 0 Å². The minimum atomic E-state index is 0.123. The number of nitrogens with two attached hydrogens (primary N) is 1. The Labute approximate surface area is 97.0 Å². The fourth-order valence-electron chi connectivity index (χ4n) is 1.62. The molecule has 1 aromatic rings. The maximum absolute atomic E-state index is 5.49. The minimum absolute atomic E-state index is 0.123. The lowest BCUT2D eigenvalue weighted by Gasteiger charge is -2.16. The number of hydrogen-bond donors (Lipinski definition) is 2. The summed E-state index contributed by atoms with van der Waals surface area (Å²) in [4.78, 5) is 4.34. The molecule has 0 radical (unpaired) electrons. The number of aromatic nitrogens is 2. The Hall–Kier alpha value is -0.910. The van der Waals surface area contributed by atoms with Crippen LogP contribution in [-0.2, 0) is 17.7 Å². The van der Waals surface area contributed by atoms with E-state index < -0.39 is 0 Å².